The molecule has 1 fully saturated rings. The molecule has 1 amide bonds. The summed E-state index contributed by atoms with van der Waals surface area (Å²) in [5.74, 6) is -0.0918. The second-order valence-electron chi connectivity index (χ2n) is 4.29. The Hall–Kier alpha value is -2.01. The van der Waals surface area contributed by atoms with E-state index in [0.29, 0.717) is 18.8 Å². The maximum absolute atomic E-state index is 12.2. The van der Waals surface area contributed by atoms with Crippen LogP contribution in [0.5, 0.6) is 0 Å². The predicted molar refractivity (Wildman–Crippen MR) is 66.2 cm³/mol. The van der Waals surface area contributed by atoms with Crippen molar-refractivity contribution in [3.05, 3.63) is 36.3 Å². The van der Waals surface area contributed by atoms with E-state index in [1.807, 2.05) is 0 Å². The Balaban J connectivity index is 1.91. The first kappa shape index (κ1) is 11.1. The zero-order valence-electron chi connectivity index (χ0n) is 9.80. The van der Waals surface area contributed by atoms with Crippen LogP contribution >= 0.6 is 0 Å². The summed E-state index contributed by atoms with van der Waals surface area (Å²) in [7, 11) is 0. The molecule has 0 aliphatic carbocycles. The van der Waals surface area contributed by atoms with Crippen LogP contribution in [0.1, 0.15) is 16.8 Å². The van der Waals surface area contributed by atoms with Gasteiger partial charge in [-0.05, 0) is 18.6 Å². The number of pyridine rings is 2. The lowest BCUT2D eigenvalue weighted by Gasteiger charge is -2.11. The van der Waals surface area contributed by atoms with Crippen molar-refractivity contribution in [3.8, 4) is 0 Å². The largest absolute Gasteiger partial charge is 0.379 e. The molecule has 2 aromatic rings. The molecule has 1 aliphatic heterocycles. The number of nitrogens with zero attached hydrogens (tertiary/aromatic N) is 2. The summed E-state index contributed by atoms with van der Waals surface area (Å²) in [4.78, 5) is 20.4. The zero-order valence-corrected chi connectivity index (χ0v) is 9.80. The van der Waals surface area contributed by atoms with Crippen molar-refractivity contribution in [2.45, 2.75) is 12.5 Å². The van der Waals surface area contributed by atoms with Gasteiger partial charge in [0.15, 0.2) is 0 Å². The van der Waals surface area contributed by atoms with Crippen LogP contribution in [-0.2, 0) is 4.74 Å². The summed E-state index contributed by atoms with van der Waals surface area (Å²) in [5.41, 5.74) is 1.39. The minimum absolute atomic E-state index is 0.0918. The highest BCUT2D eigenvalue weighted by Gasteiger charge is 2.19. The normalized spacial score (nSPS) is 19.0. The van der Waals surface area contributed by atoms with Gasteiger partial charge in [0.05, 0.1) is 23.7 Å². The molecule has 1 saturated heterocycles. The molecule has 1 aliphatic rings. The van der Waals surface area contributed by atoms with Gasteiger partial charge in [-0.1, -0.05) is 0 Å². The Morgan fingerprint density at radius 3 is 3.17 bits per heavy atom. The van der Waals surface area contributed by atoms with E-state index in [-0.39, 0.29) is 11.9 Å². The maximum atomic E-state index is 12.2. The van der Waals surface area contributed by atoms with E-state index in [9.17, 15) is 4.79 Å². The number of nitrogens with one attached hydrogen (secondary N) is 1. The summed E-state index contributed by atoms with van der Waals surface area (Å²) in [6, 6.07) is 3.62. The number of carbonyl (C=O) groups excluding carboxylic acids is 1. The highest BCUT2D eigenvalue weighted by molar-refractivity contribution is 6.05. The molecule has 0 unspecified atom stereocenters. The Morgan fingerprint density at radius 2 is 2.33 bits per heavy atom. The number of aromatic nitrogens is 2. The molecule has 3 rings (SSSR count). The van der Waals surface area contributed by atoms with E-state index in [0.717, 1.165) is 17.3 Å². The van der Waals surface area contributed by atoms with Crippen molar-refractivity contribution in [3.63, 3.8) is 0 Å². The van der Waals surface area contributed by atoms with Gasteiger partial charge < -0.3 is 10.1 Å². The summed E-state index contributed by atoms with van der Waals surface area (Å²) >= 11 is 0. The van der Waals surface area contributed by atoms with Gasteiger partial charge in [0.2, 0.25) is 0 Å². The quantitative estimate of drug-likeness (QED) is 0.859. The number of rotatable bonds is 2. The van der Waals surface area contributed by atoms with E-state index >= 15 is 0 Å². The number of carbonyl (C=O) groups is 1. The SMILES string of the molecule is O=C(N[C@H]1CCOC1)c1ccnc2ccncc12. The minimum atomic E-state index is -0.0918. The highest BCUT2D eigenvalue weighted by Crippen LogP contribution is 2.15. The summed E-state index contributed by atoms with van der Waals surface area (Å²) in [6.45, 7) is 1.30. The summed E-state index contributed by atoms with van der Waals surface area (Å²) < 4.78 is 5.24. The van der Waals surface area contributed by atoms with Gasteiger partial charge in [0.25, 0.3) is 5.91 Å². The van der Waals surface area contributed by atoms with Gasteiger partial charge in [0.1, 0.15) is 0 Å². The Bertz CT molecular complexity index is 574. The van der Waals surface area contributed by atoms with Gasteiger partial charge >= 0.3 is 0 Å². The maximum Gasteiger partial charge on any atom is 0.252 e. The van der Waals surface area contributed by atoms with Crippen molar-refractivity contribution in [2.75, 3.05) is 13.2 Å². The van der Waals surface area contributed by atoms with Crippen molar-refractivity contribution in [2.24, 2.45) is 0 Å². The van der Waals surface area contributed by atoms with Crippen LogP contribution in [0.25, 0.3) is 10.9 Å². The van der Waals surface area contributed by atoms with Crippen LogP contribution in [0.4, 0.5) is 0 Å². The molecule has 0 aromatic carbocycles. The Morgan fingerprint density at radius 1 is 1.39 bits per heavy atom. The monoisotopic (exact) mass is 243 g/mol. The van der Waals surface area contributed by atoms with Crippen LogP contribution in [0.3, 0.4) is 0 Å². The molecule has 0 saturated carbocycles. The van der Waals surface area contributed by atoms with Crippen molar-refractivity contribution in [1.82, 2.24) is 15.3 Å². The lowest BCUT2D eigenvalue weighted by Crippen LogP contribution is -2.35. The molecular weight excluding hydrogens is 230 g/mol. The summed E-state index contributed by atoms with van der Waals surface area (Å²) in [6.07, 6.45) is 5.85. The fraction of sp³-hybridized carbons (Fsp3) is 0.308. The average molecular weight is 243 g/mol. The third-order valence-corrected chi connectivity index (χ3v) is 3.05. The lowest BCUT2D eigenvalue weighted by atomic mass is 10.1. The number of hydrogen-bond donors (Lipinski definition) is 1. The lowest BCUT2D eigenvalue weighted by molar-refractivity contribution is 0.0931. The minimum Gasteiger partial charge on any atom is -0.379 e. The Kier molecular flexibility index (Phi) is 2.90. The van der Waals surface area contributed by atoms with E-state index in [2.05, 4.69) is 15.3 Å². The molecule has 0 radical (unpaired) electrons. The number of ether oxygens (including phenoxy) is 1. The third-order valence-electron chi connectivity index (χ3n) is 3.05. The van der Waals surface area contributed by atoms with Crippen molar-refractivity contribution >= 4 is 16.8 Å². The third kappa shape index (κ3) is 2.04. The molecule has 92 valence electrons. The highest BCUT2D eigenvalue weighted by atomic mass is 16.5. The smallest absolute Gasteiger partial charge is 0.252 e. The molecule has 0 spiro atoms. The van der Waals surface area contributed by atoms with Gasteiger partial charge in [0, 0.05) is 30.6 Å². The number of amides is 1. The van der Waals surface area contributed by atoms with Crippen molar-refractivity contribution in [1.29, 1.82) is 0 Å². The van der Waals surface area contributed by atoms with E-state index in [1.54, 1.807) is 30.7 Å². The number of fused-ring (bicyclic) bond motifs is 1. The molecule has 5 nitrogen and oxygen atoms in total. The second-order valence-corrected chi connectivity index (χ2v) is 4.29. The van der Waals surface area contributed by atoms with E-state index < -0.39 is 0 Å². The first-order valence-electron chi connectivity index (χ1n) is 5.92. The Labute approximate surface area is 104 Å². The standard InChI is InChI=1S/C13H13N3O2/c17-13(16-9-3-6-18-8-9)10-1-5-15-12-2-4-14-7-11(10)12/h1-2,4-5,7,9H,3,6,8H2,(H,16,17)/t9-/m0/s1. The van der Waals surface area contributed by atoms with Crippen LogP contribution in [-0.4, -0.2) is 35.1 Å². The van der Waals surface area contributed by atoms with Crippen LogP contribution in [0.2, 0.25) is 0 Å². The molecule has 2 aromatic heterocycles. The topological polar surface area (TPSA) is 64.1 Å². The number of hydrogen-bond acceptors (Lipinski definition) is 4. The van der Waals surface area contributed by atoms with Crippen molar-refractivity contribution < 1.29 is 9.53 Å². The first-order valence-corrected chi connectivity index (χ1v) is 5.92. The molecule has 1 N–H and O–H groups in total. The molecular formula is C13H13N3O2. The summed E-state index contributed by atoms with van der Waals surface area (Å²) in [5, 5.41) is 3.74. The fourth-order valence-corrected chi connectivity index (χ4v) is 2.10. The van der Waals surface area contributed by atoms with Gasteiger partial charge in [-0.3, -0.25) is 14.8 Å². The molecule has 5 heteroatoms. The van der Waals surface area contributed by atoms with Gasteiger partial charge in [-0.15, -0.1) is 0 Å². The second kappa shape index (κ2) is 4.70. The molecule has 18 heavy (non-hydrogen) atoms. The van der Waals surface area contributed by atoms with E-state index in [1.165, 1.54) is 0 Å². The zero-order chi connectivity index (χ0) is 12.4. The first-order chi connectivity index (χ1) is 8.84. The average Bonchev–Trinajstić information content (AvgIpc) is 2.91. The van der Waals surface area contributed by atoms with E-state index in [4.69, 9.17) is 4.74 Å². The fourth-order valence-electron chi connectivity index (χ4n) is 2.10. The van der Waals surface area contributed by atoms with Crippen LogP contribution in [0.15, 0.2) is 30.7 Å². The van der Waals surface area contributed by atoms with Gasteiger partial charge in [-0.25, -0.2) is 0 Å². The van der Waals surface area contributed by atoms with Gasteiger partial charge in [-0.2, -0.15) is 0 Å². The van der Waals surface area contributed by atoms with Crippen LogP contribution < -0.4 is 5.32 Å². The molecule has 3 heterocycles. The molecule has 0 bridgehead atoms. The predicted octanol–water partition coefficient (Wildman–Crippen LogP) is 1.15. The molecule has 1 atom stereocenters. The van der Waals surface area contributed by atoms with Crippen LogP contribution in [0, 0.1) is 0 Å².